The molecule has 0 unspecified atom stereocenters. The Balaban J connectivity index is 1.78. The van der Waals surface area contributed by atoms with E-state index in [1.54, 1.807) is 62.6 Å². The summed E-state index contributed by atoms with van der Waals surface area (Å²) in [5.74, 6) is -0.739. The first-order valence-corrected chi connectivity index (χ1v) is 9.72. The first kappa shape index (κ1) is 23.4. The third kappa shape index (κ3) is 8.17. The average Bonchev–Trinajstić information content (AvgIpc) is 2.78. The summed E-state index contributed by atoms with van der Waals surface area (Å²) in [6.07, 6.45) is 2.12. The standard InChI is InChI=1S/C22H26N4O5/c1-4-15(2)24-21(28)22(29)26-23-13-16-8-10-18(11-9-16)31-14-20(27)25-17-6-5-7-19(12-17)30-3/h5-13,15H,4,14H2,1-3H3,(H,24,28)(H,25,27)(H,26,29)/b23-13-/t15-/m0/s1. The third-order valence-electron chi connectivity index (χ3n) is 4.18. The van der Waals surface area contributed by atoms with Crippen molar-refractivity contribution in [2.24, 2.45) is 5.10 Å². The number of anilines is 1. The van der Waals surface area contributed by atoms with Crippen molar-refractivity contribution in [1.29, 1.82) is 0 Å². The van der Waals surface area contributed by atoms with E-state index in [-0.39, 0.29) is 18.6 Å². The van der Waals surface area contributed by atoms with E-state index < -0.39 is 11.8 Å². The highest BCUT2D eigenvalue weighted by Gasteiger charge is 2.14. The van der Waals surface area contributed by atoms with E-state index in [1.807, 2.05) is 6.92 Å². The molecule has 3 amide bonds. The molecule has 0 radical (unpaired) electrons. The molecule has 164 valence electrons. The molecule has 0 spiro atoms. The first-order chi connectivity index (χ1) is 14.9. The topological polar surface area (TPSA) is 118 Å². The molecule has 0 saturated heterocycles. The SMILES string of the molecule is CC[C@H](C)NC(=O)C(=O)N/N=C\c1ccc(OCC(=O)Nc2cccc(OC)c2)cc1. The monoisotopic (exact) mass is 426 g/mol. The molecule has 0 fully saturated rings. The Morgan fingerprint density at radius 2 is 1.81 bits per heavy atom. The molecule has 2 aromatic carbocycles. The Morgan fingerprint density at radius 3 is 2.48 bits per heavy atom. The molecule has 9 heteroatoms. The molecule has 0 bridgehead atoms. The molecular formula is C22H26N4O5. The number of ether oxygens (including phenoxy) is 2. The van der Waals surface area contributed by atoms with E-state index in [9.17, 15) is 14.4 Å². The van der Waals surface area contributed by atoms with Crippen LogP contribution in [0.5, 0.6) is 11.5 Å². The van der Waals surface area contributed by atoms with Crippen LogP contribution in [0.15, 0.2) is 53.6 Å². The van der Waals surface area contributed by atoms with Gasteiger partial charge in [-0.1, -0.05) is 13.0 Å². The van der Waals surface area contributed by atoms with Gasteiger partial charge in [0.2, 0.25) is 0 Å². The molecule has 31 heavy (non-hydrogen) atoms. The second kappa shape index (κ2) is 12.0. The second-order valence-electron chi connectivity index (χ2n) is 6.62. The lowest BCUT2D eigenvalue weighted by Crippen LogP contribution is -2.41. The molecular weight excluding hydrogens is 400 g/mol. The Hall–Kier alpha value is -3.88. The highest BCUT2D eigenvalue weighted by atomic mass is 16.5. The maximum Gasteiger partial charge on any atom is 0.329 e. The van der Waals surface area contributed by atoms with Crippen molar-refractivity contribution in [3.63, 3.8) is 0 Å². The quantitative estimate of drug-likeness (QED) is 0.322. The maximum absolute atomic E-state index is 12.0. The van der Waals surface area contributed by atoms with E-state index in [0.717, 1.165) is 6.42 Å². The van der Waals surface area contributed by atoms with Gasteiger partial charge in [-0.05, 0) is 55.3 Å². The van der Waals surface area contributed by atoms with Gasteiger partial charge >= 0.3 is 11.8 Å². The highest BCUT2D eigenvalue weighted by molar-refractivity contribution is 6.35. The minimum Gasteiger partial charge on any atom is -0.497 e. The average molecular weight is 426 g/mol. The number of benzene rings is 2. The predicted octanol–water partition coefficient (Wildman–Crippen LogP) is 2.08. The Morgan fingerprint density at radius 1 is 1.06 bits per heavy atom. The van der Waals surface area contributed by atoms with Crippen LogP contribution in [0.2, 0.25) is 0 Å². The molecule has 0 aromatic heterocycles. The number of carbonyl (C=O) groups is 3. The fourth-order valence-electron chi connectivity index (χ4n) is 2.30. The molecule has 9 nitrogen and oxygen atoms in total. The summed E-state index contributed by atoms with van der Waals surface area (Å²) in [6.45, 7) is 3.55. The van der Waals surface area contributed by atoms with Crippen molar-refractivity contribution in [3.05, 3.63) is 54.1 Å². The lowest BCUT2D eigenvalue weighted by atomic mass is 10.2. The lowest BCUT2D eigenvalue weighted by Gasteiger charge is -2.09. The third-order valence-corrected chi connectivity index (χ3v) is 4.18. The fraction of sp³-hybridized carbons (Fsp3) is 0.273. The van der Waals surface area contributed by atoms with Crippen LogP contribution in [-0.2, 0) is 14.4 Å². The largest absolute Gasteiger partial charge is 0.497 e. The molecule has 0 aliphatic carbocycles. The van der Waals surface area contributed by atoms with Crippen molar-refractivity contribution in [1.82, 2.24) is 10.7 Å². The maximum atomic E-state index is 12.0. The summed E-state index contributed by atoms with van der Waals surface area (Å²) in [6, 6.07) is 13.6. The number of hydrogen-bond donors (Lipinski definition) is 3. The van der Waals surface area contributed by atoms with Gasteiger partial charge in [-0.3, -0.25) is 14.4 Å². The van der Waals surface area contributed by atoms with Crippen molar-refractivity contribution < 1.29 is 23.9 Å². The number of rotatable bonds is 9. The molecule has 0 saturated carbocycles. The number of hydrogen-bond acceptors (Lipinski definition) is 6. The minimum absolute atomic E-state index is 0.0904. The number of carbonyl (C=O) groups excluding carboxylic acids is 3. The van der Waals surface area contributed by atoms with Crippen LogP contribution >= 0.6 is 0 Å². The molecule has 0 aliphatic heterocycles. The van der Waals surface area contributed by atoms with Crippen molar-refractivity contribution in [3.8, 4) is 11.5 Å². The Kier molecular flexibility index (Phi) is 9.03. The number of amides is 3. The lowest BCUT2D eigenvalue weighted by molar-refractivity contribution is -0.139. The Labute approximate surface area is 180 Å². The summed E-state index contributed by atoms with van der Waals surface area (Å²) in [7, 11) is 1.55. The van der Waals surface area contributed by atoms with Crippen LogP contribution in [0.4, 0.5) is 5.69 Å². The normalized spacial score (nSPS) is 11.5. The summed E-state index contributed by atoms with van der Waals surface area (Å²) in [5, 5.41) is 9.03. The van der Waals surface area contributed by atoms with Crippen LogP contribution in [0, 0.1) is 0 Å². The zero-order chi connectivity index (χ0) is 22.6. The van der Waals surface area contributed by atoms with Gasteiger partial charge in [0.15, 0.2) is 6.61 Å². The van der Waals surface area contributed by atoms with Gasteiger partial charge in [-0.2, -0.15) is 5.10 Å². The van der Waals surface area contributed by atoms with Gasteiger partial charge in [0.05, 0.1) is 13.3 Å². The minimum atomic E-state index is -0.835. The van der Waals surface area contributed by atoms with Crippen molar-refractivity contribution >= 4 is 29.6 Å². The highest BCUT2D eigenvalue weighted by Crippen LogP contribution is 2.17. The van der Waals surface area contributed by atoms with Crippen molar-refractivity contribution in [2.45, 2.75) is 26.3 Å². The smallest absolute Gasteiger partial charge is 0.329 e. The zero-order valence-electron chi connectivity index (χ0n) is 17.7. The van der Waals surface area contributed by atoms with Crippen molar-refractivity contribution in [2.75, 3.05) is 19.0 Å². The van der Waals surface area contributed by atoms with Crippen LogP contribution in [0.1, 0.15) is 25.8 Å². The molecule has 1 atom stereocenters. The second-order valence-corrected chi connectivity index (χ2v) is 6.62. The number of hydrazone groups is 1. The van der Waals surface area contributed by atoms with Crippen LogP contribution in [0.3, 0.4) is 0 Å². The van der Waals surface area contributed by atoms with Gasteiger partial charge in [-0.15, -0.1) is 0 Å². The van der Waals surface area contributed by atoms with Crippen LogP contribution in [-0.4, -0.2) is 43.7 Å². The summed E-state index contributed by atoms with van der Waals surface area (Å²) in [5.41, 5.74) is 3.46. The number of methoxy groups -OCH3 is 1. The summed E-state index contributed by atoms with van der Waals surface area (Å²) < 4.78 is 10.6. The molecule has 2 rings (SSSR count). The van der Waals surface area contributed by atoms with E-state index in [4.69, 9.17) is 9.47 Å². The summed E-state index contributed by atoms with van der Waals surface area (Å²) >= 11 is 0. The van der Waals surface area contributed by atoms with Gasteiger partial charge in [0.1, 0.15) is 11.5 Å². The van der Waals surface area contributed by atoms with Crippen LogP contribution < -0.4 is 25.5 Å². The van der Waals surface area contributed by atoms with E-state index in [2.05, 4.69) is 21.2 Å². The van der Waals surface area contributed by atoms with E-state index >= 15 is 0 Å². The Bertz CT molecular complexity index is 928. The number of nitrogens with one attached hydrogen (secondary N) is 3. The molecule has 0 heterocycles. The van der Waals surface area contributed by atoms with Crippen LogP contribution in [0.25, 0.3) is 0 Å². The van der Waals surface area contributed by atoms with E-state index in [1.165, 1.54) is 6.21 Å². The van der Waals surface area contributed by atoms with Gasteiger partial charge in [-0.25, -0.2) is 5.43 Å². The fourth-order valence-corrected chi connectivity index (χ4v) is 2.30. The molecule has 3 N–H and O–H groups in total. The van der Waals surface area contributed by atoms with Gasteiger partial charge in [0.25, 0.3) is 5.91 Å². The van der Waals surface area contributed by atoms with Gasteiger partial charge in [0, 0.05) is 17.8 Å². The molecule has 2 aromatic rings. The van der Waals surface area contributed by atoms with E-state index in [0.29, 0.717) is 22.7 Å². The summed E-state index contributed by atoms with van der Waals surface area (Å²) in [4.78, 5) is 35.3. The van der Waals surface area contributed by atoms with Gasteiger partial charge < -0.3 is 20.1 Å². The zero-order valence-corrected chi connectivity index (χ0v) is 17.7. The number of nitrogens with zero attached hydrogens (tertiary/aromatic N) is 1. The predicted molar refractivity (Wildman–Crippen MR) is 117 cm³/mol. The molecule has 0 aliphatic rings. The first-order valence-electron chi connectivity index (χ1n) is 9.72.